The Labute approximate surface area is 165 Å². The van der Waals surface area contributed by atoms with Crippen molar-refractivity contribution in [1.29, 1.82) is 0 Å². The van der Waals surface area contributed by atoms with Crippen molar-refractivity contribution in [3.63, 3.8) is 0 Å². The molecule has 3 aromatic rings. The Bertz CT molecular complexity index is 972. The normalized spacial score (nSPS) is 10.4. The number of rotatable bonds is 7. The average Bonchev–Trinajstić information content (AvgIpc) is 3.21. The molecule has 0 radical (unpaired) electrons. The minimum absolute atomic E-state index is 0.166. The van der Waals surface area contributed by atoms with Crippen LogP contribution >= 0.6 is 11.6 Å². The van der Waals surface area contributed by atoms with E-state index in [0.717, 1.165) is 0 Å². The molecule has 0 saturated carbocycles. The molecule has 2 N–H and O–H groups in total. The summed E-state index contributed by atoms with van der Waals surface area (Å²) in [6.45, 7) is 0.416. The van der Waals surface area contributed by atoms with Gasteiger partial charge in [-0.15, -0.1) is 0 Å². The van der Waals surface area contributed by atoms with Crippen molar-refractivity contribution in [1.82, 2.24) is 20.8 Å². The zero-order valence-electron chi connectivity index (χ0n) is 14.9. The van der Waals surface area contributed by atoms with E-state index in [0.29, 0.717) is 21.9 Å². The second-order valence-electron chi connectivity index (χ2n) is 5.64. The zero-order valence-corrected chi connectivity index (χ0v) is 15.7. The van der Waals surface area contributed by atoms with Crippen LogP contribution in [0.15, 0.2) is 53.1 Å². The number of aromatic nitrogens is 2. The monoisotopic (exact) mass is 400 g/mol. The second kappa shape index (κ2) is 9.01. The van der Waals surface area contributed by atoms with Crippen LogP contribution in [0.2, 0.25) is 5.02 Å². The Morgan fingerprint density at radius 2 is 1.71 bits per heavy atom. The lowest BCUT2D eigenvalue weighted by atomic mass is 10.2. The molecule has 144 valence electrons. The molecule has 9 heteroatoms. The Kier molecular flexibility index (Phi) is 6.23. The fourth-order valence-electron chi connectivity index (χ4n) is 2.39. The van der Waals surface area contributed by atoms with Crippen molar-refractivity contribution in [3.8, 4) is 17.1 Å². The van der Waals surface area contributed by atoms with Crippen molar-refractivity contribution in [2.75, 3.05) is 20.2 Å². The smallest absolute Gasteiger partial charge is 0.316 e. The molecule has 0 spiro atoms. The van der Waals surface area contributed by atoms with Crippen LogP contribution in [0.1, 0.15) is 21.0 Å². The summed E-state index contributed by atoms with van der Waals surface area (Å²) in [4.78, 5) is 28.3. The number of amides is 2. The number of hydrogen-bond acceptors (Lipinski definition) is 6. The largest absolute Gasteiger partial charge is 0.496 e. The van der Waals surface area contributed by atoms with Crippen LogP contribution in [-0.4, -0.2) is 42.2 Å². The summed E-state index contributed by atoms with van der Waals surface area (Å²) in [5.41, 5.74) is 1.09. The minimum atomic E-state index is -0.528. The van der Waals surface area contributed by atoms with Crippen LogP contribution in [0.5, 0.6) is 5.75 Å². The molecule has 3 rings (SSSR count). The number of methoxy groups -OCH3 is 1. The van der Waals surface area contributed by atoms with E-state index in [2.05, 4.69) is 20.8 Å². The van der Waals surface area contributed by atoms with Crippen LogP contribution in [0.4, 0.5) is 0 Å². The molecule has 28 heavy (non-hydrogen) atoms. The first-order valence-electron chi connectivity index (χ1n) is 8.37. The van der Waals surface area contributed by atoms with Crippen LogP contribution in [0, 0.1) is 0 Å². The molecule has 0 aliphatic carbocycles. The number of para-hydroxylation sites is 1. The number of ether oxygens (including phenoxy) is 1. The lowest BCUT2D eigenvalue weighted by Gasteiger charge is -2.09. The van der Waals surface area contributed by atoms with Crippen LogP contribution in [0.25, 0.3) is 11.4 Å². The molecule has 2 amide bonds. The number of benzene rings is 2. The molecular formula is C19H17ClN4O4. The van der Waals surface area contributed by atoms with Gasteiger partial charge in [-0.2, -0.15) is 4.98 Å². The molecule has 1 heterocycles. The van der Waals surface area contributed by atoms with E-state index in [-0.39, 0.29) is 30.7 Å². The van der Waals surface area contributed by atoms with E-state index in [1.807, 2.05) is 0 Å². The van der Waals surface area contributed by atoms with Gasteiger partial charge in [-0.3, -0.25) is 9.59 Å². The van der Waals surface area contributed by atoms with Crippen molar-refractivity contribution in [2.24, 2.45) is 0 Å². The number of carbonyl (C=O) groups excluding carboxylic acids is 2. The first-order chi connectivity index (χ1) is 13.6. The van der Waals surface area contributed by atoms with E-state index in [1.165, 1.54) is 7.11 Å². The van der Waals surface area contributed by atoms with Crippen LogP contribution in [0.3, 0.4) is 0 Å². The molecule has 0 unspecified atom stereocenters. The number of carbonyl (C=O) groups is 2. The third-order valence-electron chi connectivity index (χ3n) is 3.77. The first-order valence-corrected chi connectivity index (χ1v) is 8.75. The summed E-state index contributed by atoms with van der Waals surface area (Å²) in [7, 11) is 1.50. The lowest BCUT2D eigenvalue weighted by molar-refractivity contribution is 0.0897. The van der Waals surface area contributed by atoms with Crippen LogP contribution < -0.4 is 15.4 Å². The molecule has 8 nitrogen and oxygen atoms in total. The number of hydrogen-bond donors (Lipinski definition) is 2. The van der Waals surface area contributed by atoms with E-state index >= 15 is 0 Å². The maximum absolute atomic E-state index is 12.2. The summed E-state index contributed by atoms with van der Waals surface area (Å²) in [6, 6.07) is 13.7. The van der Waals surface area contributed by atoms with Gasteiger partial charge in [-0.1, -0.05) is 28.9 Å². The Morgan fingerprint density at radius 1 is 1.04 bits per heavy atom. The first kappa shape index (κ1) is 19.4. The summed E-state index contributed by atoms with van der Waals surface area (Å²) < 4.78 is 10.1. The quantitative estimate of drug-likeness (QED) is 0.590. The van der Waals surface area contributed by atoms with Crippen molar-refractivity contribution < 1.29 is 18.8 Å². The van der Waals surface area contributed by atoms with E-state index < -0.39 is 5.91 Å². The highest BCUT2D eigenvalue weighted by Crippen LogP contribution is 2.19. The lowest BCUT2D eigenvalue weighted by Crippen LogP contribution is -2.34. The topological polar surface area (TPSA) is 106 Å². The van der Waals surface area contributed by atoms with E-state index in [9.17, 15) is 9.59 Å². The predicted octanol–water partition coefficient (Wildman–Crippen LogP) is 2.56. The molecule has 0 bridgehead atoms. The van der Waals surface area contributed by atoms with Gasteiger partial charge < -0.3 is 19.9 Å². The standard InChI is InChI=1S/C19H17ClN4O4/c1-27-15-5-3-2-4-14(15)17(25)21-10-11-22-18(26)19-23-16(24-28-19)12-6-8-13(20)9-7-12/h2-9H,10-11H2,1H3,(H,21,25)(H,22,26). The van der Waals surface area contributed by atoms with Crippen molar-refractivity contribution >= 4 is 23.4 Å². The summed E-state index contributed by atoms with van der Waals surface area (Å²) in [5, 5.41) is 9.67. The van der Waals surface area contributed by atoms with Crippen molar-refractivity contribution in [2.45, 2.75) is 0 Å². The van der Waals surface area contributed by atoms with Crippen LogP contribution in [-0.2, 0) is 0 Å². The van der Waals surface area contributed by atoms with Gasteiger partial charge in [0.1, 0.15) is 5.75 Å². The highest BCUT2D eigenvalue weighted by Gasteiger charge is 2.16. The SMILES string of the molecule is COc1ccccc1C(=O)NCCNC(=O)c1nc(-c2ccc(Cl)cc2)no1. The number of nitrogens with one attached hydrogen (secondary N) is 2. The van der Waals surface area contributed by atoms with Gasteiger partial charge in [0, 0.05) is 23.7 Å². The third kappa shape index (κ3) is 4.66. The van der Waals surface area contributed by atoms with E-state index in [4.69, 9.17) is 20.9 Å². The fraction of sp³-hybridized carbons (Fsp3) is 0.158. The fourth-order valence-corrected chi connectivity index (χ4v) is 2.51. The van der Waals surface area contributed by atoms with Gasteiger partial charge in [0.15, 0.2) is 0 Å². The second-order valence-corrected chi connectivity index (χ2v) is 6.08. The van der Waals surface area contributed by atoms with Gasteiger partial charge in [0.05, 0.1) is 12.7 Å². The summed E-state index contributed by atoms with van der Waals surface area (Å²) >= 11 is 5.84. The summed E-state index contributed by atoms with van der Waals surface area (Å²) in [5.74, 6) is -0.231. The molecule has 0 aliphatic rings. The Morgan fingerprint density at radius 3 is 2.43 bits per heavy atom. The number of nitrogens with zero attached hydrogens (tertiary/aromatic N) is 2. The summed E-state index contributed by atoms with van der Waals surface area (Å²) in [6.07, 6.45) is 0. The minimum Gasteiger partial charge on any atom is -0.496 e. The van der Waals surface area contributed by atoms with Gasteiger partial charge in [0.2, 0.25) is 5.82 Å². The molecule has 1 aromatic heterocycles. The maximum atomic E-state index is 12.2. The highest BCUT2D eigenvalue weighted by molar-refractivity contribution is 6.30. The highest BCUT2D eigenvalue weighted by atomic mass is 35.5. The van der Waals surface area contributed by atoms with Gasteiger partial charge in [-0.05, 0) is 36.4 Å². The average molecular weight is 401 g/mol. The molecular weight excluding hydrogens is 384 g/mol. The maximum Gasteiger partial charge on any atom is 0.316 e. The van der Waals surface area contributed by atoms with Crippen molar-refractivity contribution in [3.05, 3.63) is 65.0 Å². The Hall–Kier alpha value is -3.39. The molecule has 2 aromatic carbocycles. The zero-order chi connectivity index (χ0) is 19.9. The van der Waals surface area contributed by atoms with Gasteiger partial charge in [0.25, 0.3) is 5.91 Å². The van der Waals surface area contributed by atoms with Gasteiger partial charge >= 0.3 is 11.8 Å². The predicted molar refractivity (Wildman–Crippen MR) is 102 cm³/mol. The third-order valence-corrected chi connectivity index (χ3v) is 4.02. The van der Waals surface area contributed by atoms with E-state index in [1.54, 1.807) is 48.5 Å². The molecule has 0 saturated heterocycles. The molecule has 0 atom stereocenters. The number of halogens is 1. The molecule has 0 fully saturated rings. The van der Waals surface area contributed by atoms with Gasteiger partial charge in [-0.25, -0.2) is 0 Å². The molecule has 0 aliphatic heterocycles. The Balaban J connectivity index is 1.49.